The molecule has 1 aliphatic rings. The van der Waals surface area contributed by atoms with Crippen LogP contribution in [0.5, 0.6) is 0 Å². The Morgan fingerprint density at radius 2 is 2.11 bits per heavy atom. The lowest BCUT2D eigenvalue weighted by Crippen LogP contribution is -2.33. The van der Waals surface area contributed by atoms with Crippen molar-refractivity contribution in [2.24, 2.45) is 0 Å². The minimum atomic E-state index is -3.46. The molecular formula is C10H18ClN3O3S. The van der Waals surface area contributed by atoms with Gasteiger partial charge in [-0.1, -0.05) is 5.16 Å². The van der Waals surface area contributed by atoms with Gasteiger partial charge < -0.3 is 9.84 Å². The van der Waals surface area contributed by atoms with Crippen LogP contribution in [0.25, 0.3) is 0 Å². The molecule has 2 rings (SSSR count). The molecule has 0 amide bonds. The quantitative estimate of drug-likeness (QED) is 0.888. The van der Waals surface area contributed by atoms with E-state index in [9.17, 15) is 8.42 Å². The normalized spacial score (nSPS) is 20.9. The summed E-state index contributed by atoms with van der Waals surface area (Å²) < 4.78 is 31.2. The van der Waals surface area contributed by atoms with Gasteiger partial charge in [0.15, 0.2) is 5.76 Å². The van der Waals surface area contributed by atoms with Crippen molar-refractivity contribution >= 4 is 22.4 Å². The molecule has 18 heavy (non-hydrogen) atoms. The molecule has 1 atom stereocenters. The van der Waals surface area contributed by atoms with E-state index in [0.717, 1.165) is 6.42 Å². The summed E-state index contributed by atoms with van der Waals surface area (Å²) in [4.78, 5) is 0.217. The van der Waals surface area contributed by atoms with Gasteiger partial charge in [-0.2, -0.15) is 4.31 Å². The molecule has 104 valence electrons. The second-order valence-corrected chi connectivity index (χ2v) is 6.17. The number of aromatic nitrogens is 1. The van der Waals surface area contributed by atoms with Crippen LogP contribution in [-0.2, 0) is 10.0 Å². The van der Waals surface area contributed by atoms with E-state index in [1.54, 1.807) is 13.8 Å². The van der Waals surface area contributed by atoms with Crippen molar-refractivity contribution in [2.45, 2.75) is 31.2 Å². The third kappa shape index (κ3) is 2.54. The lowest BCUT2D eigenvalue weighted by Gasteiger charge is -2.15. The Hall–Kier alpha value is -0.630. The van der Waals surface area contributed by atoms with Gasteiger partial charge in [-0.15, -0.1) is 12.4 Å². The van der Waals surface area contributed by atoms with Crippen molar-refractivity contribution in [3.8, 4) is 0 Å². The summed E-state index contributed by atoms with van der Waals surface area (Å²) >= 11 is 0. The van der Waals surface area contributed by atoms with E-state index in [0.29, 0.717) is 24.5 Å². The van der Waals surface area contributed by atoms with Crippen LogP contribution in [0.1, 0.15) is 17.9 Å². The molecule has 2 heterocycles. The van der Waals surface area contributed by atoms with Gasteiger partial charge in [0.2, 0.25) is 10.0 Å². The molecule has 0 spiro atoms. The predicted octanol–water partition coefficient (Wildman–Crippen LogP) is 0.696. The van der Waals surface area contributed by atoms with E-state index < -0.39 is 10.0 Å². The molecule has 0 radical (unpaired) electrons. The van der Waals surface area contributed by atoms with Crippen molar-refractivity contribution in [1.29, 1.82) is 0 Å². The van der Waals surface area contributed by atoms with E-state index in [1.807, 2.05) is 7.05 Å². The third-order valence-electron chi connectivity index (χ3n) is 3.12. The molecule has 0 aromatic carbocycles. The summed E-state index contributed by atoms with van der Waals surface area (Å²) in [6, 6.07) is 0.227. The molecule has 1 aromatic heterocycles. The Bertz CT molecular complexity index is 495. The summed E-state index contributed by atoms with van der Waals surface area (Å²) in [7, 11) is -1.62. The highest BCUT2D eigenvalue weighted by atomic mass is 35.5. The number of hydrogen-bond acceptors (Lipinski definition) is 5. The zero-order valence-electron chi connectivity index (χ0n) is 10.6. The lowest BCUT2D eigenvalue weighted by molar-refractivity contribution is 0.389. The fourth-order valence-corrected chi connectivity index (χ4v) is 3.95. The summed E-state index contributed by atoms with van der Waals surface area (Å²) in [6.45, 7) is 4.31. The van der Waals surface area contributed by atoms with Crippen molar-refractivity contribution in [3.63, 3.8) is 0 Å². The number of nitrogens with zero attached hydrogens (tertiary/aromatic N) is 2. The van der Waals surface area contributed by atoms with Gasteiger partial charge in [-0.25, -0.2) is 8.42 Å². The van der Waals surface area contributed by atoms with Gasteiger partial charge in [-0.3, -0.25) is 0 Å². The fraction of sp³-hybridized carbons (Fsp3) is 0.700. The van der Waals surface area contributed by atoms with Gasteiger partial charge >= 0.3 is 0 Å². The maximum atomic E-state index is 12.4. The molecule has 1 saturated heterocycles. The number of sulfonamides is 1. The second-order valence-electron chi connectivity index (χ2n) is 4.29. The van der Waals surface area contributed by atoms with Crippen LogP contribution in [-0.4, -0.2) is 44.1 Å². The topological polar surface area (TPSA) is 75.4 Å². The first-order chi connectivity index (χ1) is 7.96. The van der Waals surface area contributed by atoms with Crippen molar-refractivity contribution in [2.75, 3.05) is 20.1 Å². The molecule has 1 unspecified atom stereocenters. The Morgan fingerprint density at radius 3 is 2.56 bits per heavy atom. The fourth-order valence-electron chi connectivity index (χ4n) is 2.15. The van der Waals surface area contributed by atoms with E-state index in [1.165, 1.54) is 4.31 Å². The summed E-state index contributed by atoms with van der Waals surface area (Å²) in [6.07, 6.45) is 0.832. The first-order valence-electron chi connectivity index (χ1n) is 5.57. The Balaban J connectivity index is 0.00000162. The Morgan fingerprint density at radius 1 is 1.44 bits per heavy atom. The molecule has 1 aromatic rings. The van der Waals surface area contributed by atoms with Crippen molar-refractivity contribution in [3.05, 3.63) is 11.5 Å². The Kier molecular flexibility index (Phi) is 4.77. The monoisotopic (exact) mass is 295 g/mol. The molecule has 0 bridgehead atoms. The predicted molar refractivity (Wildman–Crippen MR) is 69.4 cm³/mol. The first kappa shape index (κ1) is 15.4. The minimum Gasteiger partial charge on any atom is -0.360 e. The maximum Gasteiger partial charge on any atom is 0.248 e. The molecule has 1 fully saturated rings. The van der Waals surface area contributed by atoms with Crippen LogP contribution in [0.15, 0.2) is 9.42 Å². The van der Waals surface area contributed by atoms with Gasteiger partial charge in [0.05, 0.1) is 0 Å². The zero-order valence-corrected chi connectivity index (χ0v) is 12.3. The van der Waals surface area contributed by atoms with Crippen LogP contribution in [0.4, 0.5) is 0 Å². The van der Waals surface area contributed by atoms with E-state index in [2.05, 4.69) is 10.5 Å². The second kappa shape index (κ2) is 5.56. The highest BCUT2D eigenvalue weighted by Gasteiger charge is 2.35. The van der Waals surface area contributed by atoms with E-state index in [4.69, 9.17) is 4.52 Å². The van der Waals surface area contributed by atoms with Crippen LogP contribution >= 0.6 is 12.4 Å². The number of aryl methyl sites for hydroxylation is 2. The van der Waals surface area contributed by atoms with Gasteiger partial charge in [0.25, 0.3) is 0 Å². The Labute approximate surface area is 113 Å². The SMILES string of the molecule is CNC1CCN(S(=O)(=O)c2c(C)noc2C)C1.Cl. The van der Waals surface area contributed by atoms with Crippen molar-refractivity contribution < 1.29 is 12.9 Å². The van der Waals surface area contributed by atoms with Gasteiger partial charge in [0.1, 0.15) is 10.6 Å². The first-order valence-corrected chi connectivity index (χ1v) is 7.01. The van der Waals surface area contributed by atoms with Crippen molar-refractivity contribution in [1.82, 2.24) is 14.8 Å². The largest absolute Gasteiger partial charge is 0.360 e. The van der Waals surface area contributed by atoms with Crippen LogP contribution < -0.4 is 5.32 Å². The highest BCUT2D eigenvalue weighted by molar-refractivity contribution is 7.89. The highest BCUT2D eigenvalue weighted by Crippen LogP contribution is 2.25. The van der Waals surface area contributed by atoms with Crippen LogP contribution in [0.3, 0.4) is 0 Å². The maximum absolute atomic E-state index is 12.4. The molecule has 8 heteroatoms. The lowest BCUT2D eigenvalue weighted by atomic mass is 10.3. The summed E-state index contributed by atoms with van der Waals surface area (Å²) in [5.41, 5.74) is 0.426. The van der Waals surface area contributed by atoms with E-state index >= 15 is 0 Å². The average molecular weight is 296 g/mol. The molecular weight excluding hydrogens is 278 g/mol. The van der Waals surface area contributed by atoms with Crippen LogP contribution in [0.2, 0.25) is 0 Å². The molecule has 0 saturated carbocycles. The number of halogens is 1. The molecule has 0 aliphatic carbocycles. The molecule has 6 nitrogen and oxygen atoms in total. The average Bonchev–Trinajstić information content (AvgIpc) is 2.85. The van der Waals surface area contributed by atoms with Crippen LogP contribution in [0, 0.1) is 13.8 Å². The minimum absolute atomic E-state index is 0. The van der Waals surface area contributed by atoms with Gasteiger partial charge in [-0.05, 0) is 27.3 Å². The summed E-state index contributed by atoms with van der Waals surface area (Å²) in [5.74, 6) is 0.357. The number of nitrogens with one attached hydrogen (secondary N) is 1. The number of likely N-dealkylation sites (N-methyl/N-ethyl adjacent to an activating group) is 1. The third-order valence-corrected chi connectivity index (χ3v) is 5.24. The molecule has 1 aliphatic heterocycles. The molecule has 1 N–H and O–H groups in total. The standard InChI is InChI=1S/C10H17N3O3S.ClH/c1-7-10(8(2)16-12-7)17(14,15)13-5-4-9(6-13)11-3;/h9,11H,4-6H2,1-3H3;1H. The smallest absolute Gasteiger partial charge is 0.248 e. The van der Waals surface area contributed by atoms with E-state index in [-0.39, 0.29) is 23.3 Å². The number of hydrogen-bond donors (Lipinski definition) is 1. The zero-order chi connectivity index (χ0) is 12.6. The number of rotatable bonds is 3. The van der Waals surface area contributed by atoms with Gasteiger partial charge in [0, 0.05) is 19.1 Å². The summed E-state index contributed by atoms with van der Waals surface area (Å²) in [5, 5.41) is 6.79.